The van der Waals surface area contributed by atoms with Crippen LogP contribution in [0.4, 0.5) is 5.82 Å². The van der Waals surface area contributed by atoms with Crippen molar-refractivity contribution in [3.63, 3.8) is 0 Å². The first-order valence-corrected chi connectivity index (χ1v) is 7.63. The van der Waals surface area contributed by atoms with E-state index in [1.807, 2.05) is 22.4 Å². The third kappa shape index (κ3) is 1.85. The summed E-state index contributed by atoms with van der Waals surface area (Å²) in [6.07, 6.45) is 3.21. The van der Waals surface area contributed by atoms with Gasteiger partial charge in [-0.2, -0.15) is 11.8 Å². The molecule has 1 aliphatic rings. The van der Waals surface area contributed by atoms with Crippen molar-refractivity contribution in [2.24, 2.45) is 0 Å². The topological polar surface area (TPSA) is 43.3 Å². The van der Waals surface area contributed by atoms with Crippen molar-refractivity contribution in [1.29, 1.82) is 0 Å². The highest BCUT2D eigenvalue weighted by atomic mass is 79.9. The summed E-state index contributed by atoms with van der Waals surface area (Å²) in [7, 11) is 0. The van der Waals surface area contributed by atoms with Gasteiger partial charge in [0.1, 0.15) is 11.5 Å². The molecule has 2 aromatic rings. The Labute approximate surface area is 113 Å². The van der Waals surface area contributed by atoms with Crippen LogP contribution in [0, 0.1) is 6.92 Å². The van der Waals surface area contributed by atoms with Crippen molar-refractivity contribution in [3.8, 4) is 0 Å². The molecule has 1 saturated heterocycles. The van der Waals surface area contributed by atoms with Gasteiger partial charge in [0.05, 0.1) is 5.69 Å². The van der Waals surface area contributed by atoms with E-state index in [-0.39, 0.29) is 0 Å². The van der Waals surface area contributed by atoms with Gasteiger partial charge in [-0.1, -0.05) is 0 Å². The molecule has 1 fully saturated rings. The summed E-state index contributed by atoms with van der Waals surface area (Å²) >= 11 is 5.52. The summed E-state index contributed by atoms with van der Waals surface area (Å²) in [5.74, 6) is 3.70. The number of aryl methyl sites for hydroxylation is 1. The molecule has 3 rings (SSSR count). The Morgan fingerprint density at radius 1 is 1.59 bits per heavy atom. The molecule has 17 heavy (non-hydrogen) atoms. The van der Waals surface area contributed by atoms with E-state index in [1.165, 1.54) is 17.7 Å². The van der Waals surface area contributed by atoms with Crippen LogP contribution in [0.1, 0.15) is 23.6 Å². The van der Waals surface area contributed by atoms with Crippen LogP contribution >= 0.6 is 27.7 Å². The van der Waals surface area contributed by atoms with Crippen LogP contribution in [0.2, 0.25) is 0 Å². The van der Waals surface area contributed by atoms with E-state index in [1.54, 1.807) is 0 Å². The van der Waals surface area contributed by atoms with E-state index in [4.69, 9.17) is 10.7 Å². The number of rotatable bonds is 1. The normalized spacial score (nSPS) is 20.2. The summed E-state index contributed by atoms with van der Waals surface area (Å²) in [6.45, 7) is 2.07. The van der Waals surface area contributed by atoms with Gasteiger partial charge in [0.15, 0.2) is 0 Å². The molecule has 0 radical (unpaired) electrons. The van der Waals surface area contributed by atoms with Gasteiger partial charge >= 0.3 is 0 Å². The Balaban J connectivity index is 2.17. The van der Waals surface area contributed by atoms with Gasteiger partial charge in [-0.05, 0) is 46.7 Å². The van der Waals surface area contributed by atoms with Gasteiger partial charge in [0.2, 0.25) is 0 Å². The third-order valence-electron chi connectivity index (χ3n) is 3.28. The second-order valence-corrected chi connectivity index (χ2v) is 6.48. The van der Waals surface area contributed by atoms with Gasteiger partial charge < -0.3 is 5.73 Å². The lowest BCUT2D eigenvalue weighted by Gasteiger charge is -2.05. The average Bonchev–Trinajstić information content (AvgIpc) is 2.90. The largest absolute Gasteiger partial charge is 0.383 e. The quantitative estimate of drug-likeness (QED) is 0.879. The fraction of sp³-hybridized carbons (Fsp3) is 0.417. The predicted octanol–water partition coefficient (Wildman–Crippen LogP) is 3.21. The zero-order chi connectivity index (χ0) is 12.0. The number of nitrogen functional groups attached to an aromatic ring is 1. The van der Waals surface area contributed by atoms with Gasteiger partial charge in [0.25, 0.3) is 0 Å². The van der Waals surface area contributed by atoms with E-state index in [0.29, 0.717) is 5.92 Å². The number of pyridine rings is 1. The fourth-order valence-corrected chi connectivity index (χ4v) is 3.79. The summed E-state index contributed by atoms with van der Waals surface area (Å²) in [6, 6.07) is 2.08. The minimum atomic E-state index is 0.527. The maximum Gasteiger partial charge on any atom is 0.139 e. The van der Waals surface area contributed by atoms with Gasteiger partial charge in [-0.15, -0.1) is 0 Å². The lowest BCUT2D eigenvalue weighted by Crippen LogP contribution is -2.02. The molecule has 2 aromatic heterocycles. The predicted molar refractivity (Wildman–Crippen MR) is 76.7 cm³/mol. The second-order valence-electron chi connectivity index (χ2n) is 4.48. The van der Waals surface area contributed by atoms with Crippen molar-refractivity contribution in [2.75, 3.05) is 17.2 Å². The van der Waals surface area contributed by atoms with Crippen LogP contribution in [0.15, 0.2) is 16.7 Å². The number of nitrogens with two attached hydrogens (primary N) is 1. The third-order valence-corrected chi connectivity index (χ3v) is 5.28. The van der Waals surface area contributed by atoms with Crippen molar-refractivity contribution in [3.05, 3.63) is 28.0 Å². The molecule has 0 bridgehead atoms. The molecule has 0 spiro atoms. The highest BCUT2D eigenvalue weighted by Crippen LogP contribution is 2.35. The number of nitrogens with zero attached hydrogens (tertiary/aromatic N) is 2. The lowest BCUT2D eigenvalue weighted by atomic mass is 10.1. The van der Waals surface area contributed by atoms with E-state index >= 15 is 0 Å². The molecule has 0 aromatic carbocycles. The Morgan fingerprint density at radius 2 is 2.41 bits per heavy atom. The molecule has 1 unspecified atom stereocenters. The molecular weight excluding hydrogens is 298 g/mol. The first-order valence-electron chi connectivity index (χ1n) is 5.68. The van der Waals surface area contributed by atoms with Crippen molar-refractivity contribution in [1.82, 2.24) is 9.38 Å². The second kappa shape index (κ2) is 4.21. The fourth-order valence-electron chi connectivity index (χ4n) is 2.25. The van der Waals surface area contributed by atoms with Crippen LogP contribution < -0.4 is 5.73 Å². The van der Waals surface area contributed by atoms with Gasteiger partial charge in [-0.25, -0.2) is 4.98 Å². The summed E-state index contributed by atoms with van der Waals surface area (Å²) in [4.78, 5) is 4.70. The first kappa shape index (κ1) is 11.4. The van der Waals surface area contributed by atoms with E-state index in [9.17, 15) is 0 Å². The highest BCUT2D eigenvalue weighted by Gasteiger charge is 2.23. The van der Waals surface area contributed by atoms with Crippen LogP contribution in [-0.4, -0.2) is 20.9 Å². The Morgan fingerprint density at radius 3 is 3.12 bits per heavy atom. The Bertz CT molecular complexity index is 573. The number of thioether (sulfide) groups is 1. The minimum absolute atomic E-state index is 0.527. The first-order chi connectivity index (χ1) is 8.16. The summed E-state index contributed by atoms with van der Waals surface area (Å²) in [5.41, 5.74) is 9.43. The number of imidazole rings is 1. The van der Waals surface area contributed by atoms with Crippen LogP contribution in [-0.2, 0) is 0 Å². The number of fused-ring (bicyclic) bond motifs is 1. The molecule has 5 heteroatoms. The Kier molecular flexibility index (Phi) is 2.83. The summed E-state index contributed by atoms with van der Waals surface area (Å²) in [5, 5.41) is 0. The molecule has 0 amide bonds. The molecule has 1 atom stereocenters. The van der Waals surface area contributed by atoms with Crippen molar-refractivity contribution >= 4 is 39.2 Å². The molecular formula is C12H14BrN3S. The monoisotopic (exact) mass is 311 g/mol. The molecule has 0 saturated carbocycles. The zero-order valence-electron chi connectivity index (χ0n) is 9.61. The number of hydrogen-bond acceptors (Lipinski definition) is 3. The summed E-state index contributed by atoms with van der Waals surface area (Å²) < 4.78 is 3.05. The molecule has 90 valence electrons. The molecule has 3 nitrogen and oxygen atoms in total. The lowest BCUT2D eigenvalue weighted by molar-refractivity contribution is 0.762. The molecule has 0 aliphatic carbocycles. The maximum atomic E-state index is 6.21. The molecule has 3 heterocycles. The van der Waals surface area contributed by atoms with E-state index < -0.39 is 0 Å². The number of hydrogen-bond donors (Lipinski definition) is 1. The smallest absolute Gasteiger partial charge is 0.139 e. The van der Waals surface area contributed by atoms with Gasteiger partial charge in [-0.3, -0.25) is 4.40 Å². The minimum Gasteiger partial charge on any atom is -0.383 e. The van der Waals surface area contributed by atoms with E-state index in [0.717, 1.165) is 27.4 Å². The Hall–Kier alpha value is -0.680. The van der Waals surface area contributed by atoms with Crippen LogP contribution in [0.5, 0.6) is 0 Å². The SMILES string of the molecule is Cc1cc2nc(C3CCSC3)c(N)n2cc1Br. The van der Waals surface area contributed by atoms with Crippen LogP contribution in [0.25, 0.3) is 5.65 Å². The molecule has 1 aliphatic heterocycles. The highest BCUT2D eigenvalue weighted by molar-refractivity contribution is 9.10. The van der Waals surface area contributed by atoms with Crippen molar-refractivity contribution in [2.45, 2.75) is 19.3 Å². The number of aromatic nitrogens is 2. The van der Waals surface area contributed by atoms with Crippen molar-refractivity contribution < 1.29 is 0 Å². The number of halogens is 1. The van der Waals surface area contributed by atoms with Crippen LogP contribution in [0.3, 0.4) is 0 Å². The zero-order valence-corrected chi connectivity index (χ0v) is 12.0. The standard InChI is InChI=1S/C12H14BrN3S/c1-7-4-10-15-11(8-2-3-17-6-8)12(14)16(10)5-9(7)13/h4-5,8H,2-3,6,14H2,1H3. The molecule has 2 N–H and O–H groups in total. The average molecular weight is 312 g/mol. The van der Waals surface area contributed by atoms with Gasteiger partial charge in [0, 0.05) is 22.3 Å². The maximum absolute atomic E-state index is 6.21. The number of anilines is 1. The van der Waals surface area contributed by atoms with E-state index in [2.05, 4.69) is 28.9 Å².